The van der Waals surface area contributed by atoms with Gasteiger partial charge in [0.1, 0.15) is 0 Å². The Balaban J connectivity index is 2.02. The van der Waals surface area contributed by atoms with Gasteiger partial charge in [-0.05, 0) is 43.5 Å². The molecule has 1 aromatic heterocycles. The van der Waals surface area contributed by atoms with Gasteiger partial charge in [0.05, 0.1) is 16.3 Å². The molecule has 0 spiro atoms. The summed E-state index contributed by atoms with van der Waals surface area (Å²) in [6.07, 6.45) is 4.77. The topological polar surface area (TPSA) is 91.7 Å². The highest BCUT2D eigenvalue weighted by molar-refractivity contribution is 7.89. The number of hydrogen-bond donors (Lipinski definition) is 1. The van der Waals surface area contributed by atoms with Gasteiger partial charge >= 0.3 is 0 Å². The predicted molar refractivity (Wildman–Crippen MR) is 122 cm³/mol. The smallest absolute Gasteiger partial charge is 0.255 e. The summed E-state index contributed by atoms with van der Waals surface area (Å²) in [7, 11) is -2.06. The third-order valence-electron chi connectivity index (χ3n) is 5.62. The maximum Gasteiger partial charge on any atom is 0.255 e. The number of rotatable bonds is 7. The molecule has 2 aromatic rings. The Labute approximate surface area is 183 Å². The van der Waals surface area contributed by atoms with E-state index in [0.29, 0.717) is 18.8 Å². The van der Waals surface area contributed by atoms with E-state index in [9.17, 15) is 18.0 Å². The molecule has 31 heavy (non-hydrogen) atoms. The Hall–Kier alpha value is -2.65. The van der Waals surface area contributed by atoms with Crippen LogP contribution in [0.1, 0.15) is 43.5 Å². The Bertz CT molecular complexity index is 1100. The Morgan fingerprint density at radius 1 is 1.06 bits per heavy atom. The van der Waals surface area contributed by atoms with Gasteiger partial charge in [-0.15, -0.1) is 0 Å². The Morgan fingerprint density at radius 2 is 1.74 bits per heavy atom. The van der Waals surface area contributed by atoms with Gasteiger partial charge in [-0.3, -0.25) is 9.59 Å². The van der Waals surface area contributed by atoms with Crippen LogP contribution in [-0.2, 0) is 17.1 Å². The van der Waals surface area contributed by atoms with E-state index in [-0.39, 0.29) is 16.0 Å². The highest BCUT2D eigenvalue weighted by Crippen LogP contribution is 2.32. The van der Waals surface area contributed by atoms with Crippen LogP contribution in [0.25, 0.3) is 0 Å². The minimum absolute atomic E-state index is 0.135. The van der Waals surface area contributed by atoms with Gasteiger partial charge in [0.2, 0.25) is 10.0 Å². The van der Waals surface area contributed by atoms with Crippen molar-refractivity contribution in [2.75, 3.05) is 36.4 Å². The number of piperidine rings is 1. The molecule has 1 aliphatic rings. The number of pyridine rings is 1. The maximum atomic E-state index is 13.0. The van der Waals surface area contributed by atoms with E-state index in [1.54, 1.807) is 39.1 Å². The first-order valence-electron chi connectivity index (χ1n) is 10.6. The average molecular weight is 447 g/mol. The number of carbonyl (C=O) groups is 1. The minimum Gasteiger partial charge on any atom is -0.370 e. The predicted octanol–water partition coefficient (Wildman–Crippen LogP) is 2.66. The molecule has 1 amide bonds. The molecule has 3 rings (SSSR count). The van der Waals surface area contributed by atoms with Crippen LogP contribution in [0.2, 0.25) is 0 Å². The summed E-state index contributed by atoms with van der Waals surface area (Å²) in [5.74, 6) is -0.451. The second-order valence-corrected chi connectivity index (χ2v) is 9.57. The van der Waals surface area contributed by atoms with Gasteiger partial charge in [-0.2, -0.15) is 4.31 Å². The number of hydrogen-bond acceptors (Lipinski definition) is 5. The molecule has 1 saturated heterocycles. The Morgan fingerprint density at radius 3 is 2.35 bits per heavy atom. The first-order valence-corrected chi connectivity index (χ1v) is 12.1. The normalized spacial score (nSPS) is 14.6. The van der Waals surface area contributed by atoms with Crippen molar-refractivity contribution in [3.05, 3.63) is 52.4 Å². The van der Waals surface area contributed by atoms with Crippen molar-refractivity contribution < 1.29 is 13.2 Å². The molecule has 1 aliphatic heterocycles. The first kappa shape index (κ1) is 23.0. The molecule has 1 aromatic carbocycles. The number of carbonyl (C=O) groups excluding carboxylic acids is 1. The quantitative estimate of drug-likeness (QED) is 0.706. The van der Waals surface area contributed by atoms with Crippen LogP contribution in [0, 0.1) is 0 Å². The second kappa shape index (κ2) is 9.65. The number of aromatic nitrogens is 1. The van der Waals surface area contributed by atoms with E-state index in [1.807, 2.05) is 0 Å². The molecule has 0 aliphatic carbocycles. The van der Waals surface area contributed by atoms with E-state index in [2.05, 4.69) is 10.2 Å². The molecule has 168 valence electrons. The number of nitrogens with zero attached hydrogens (tertiary/aromatic N) is 3. The van der Waals surface area contributed by atoms with Crippen molar-refractivity contribution in [1.29, 1.82) is 0 Å². The van der Waals surface area contributed by atoms with Gasteiger partial charge in [0.15, 0.2) is 0 Å². The fourth-order valence-electron chi connectivity index (χ4n) is 3.78. The van der Waals surface area contributed by atoms with Crippen LogP contribution in [0.3, 0.4) is 0 Å². The molecule has 8 nitrogen and oxygen atoms in total. The van der Waals surface area contributed by atoms with E-state index < -0.39 is 15.9 Å². The van der Waals surface area contributed by atoms with E-state index in [4.69, 9.17) is 0 Å². The molecular weight excluding hydrogens is 416 g/mol. The van der Waals surface area contributed by atoms with Crippen LogP contribution in [0.15, 0.2) is 46.2 Å². The zero-order chi connectivity index (χ0) is 22.6. The summed E-state index contributed by atoms with van der Waals surface area (Å²) in [6.45, 7) is 6.00. The van der Waals surface area contributed by atoms with E-state index in [0.717, 1.165) is 38.0 Å². The van der Waals surface area contributed by atoms with Gasteiger partial charge < -0.3 is 14.8 Å². The van der Waals surface area contributed by atoms with E-state index in [1.165, 1.54) is 27.2 Å². The lowest BCUT2D eigenvalue weighted by Gasteiger charge is -2.31. The molecule has 9 heteroatoms. The number of anilines is 2. The van der Waals surface area contributed by atoms with E-state index >= 15 is 0 Å². The summed E-state index contributed by atoms with van der Waals surface area (Å²) < 4.78 is 28.8. The fraction of sp³-hybridized carbons (Fsp3) is 0.455. The fourth-order valence-corrected chi connectivity index (χ4v) is 5.27. The van der Waals surface area contributed by atoms with Gasteiger partial charge in [0, 0.05) is 51.1 Å². The van der Waals surface area contributed by atoms with Crippen molar-refractivity contribution in [3.63, 3.8) is 0 Å². The maximum absolute atomic E-state index is 13.0. The minimum atomic E-state index is -3.67. The van der Waals surface area contributed by atoms with Crippen molar-refractivity contribution in [2.24, 2.45) is 7.05 Å². The first-order chi connectivity index (χ1) is 14.8. The lowest BCUT2D eigenvalue weighted by molar-refractivity contribution is 0.102. The average Bonchev–Trinajstić information content (AvgIpc) is 2.76. The van der Waals surface area contributed by atoms with Crippen LogP contribution < -0.4 is 15.8 Å². The SMILES string of the molecule is CCN(CC)S(=O)(=O)c1ccc(N2CCCCC2)c(NC(=O)c2ccn(C)c(=O)c2)c1. The highest BCUT2D eigenvalue weighted by atomic mass is 32.2. The van der Waals surface area contributed by atoms with Crippen LogP contribution >= 0.6 is 0 Å². The molecule has 0 radical (unpaired) electrons. The van der Waals surface area contributed by atoms with Crippen molar-refractivity contribution in [3.8, 4) is 0 Å². The van der Waals surface area contributed by atoms with Crippen LogP contribution in [0.4, 0.5) is 11.4 Å². The molecule has 0 atom stereocenters. The molecule has 2 heterocycles. The number of benzene rings is 1. The summed E-state index contributed by atoms with van der Waals surface area (Å²) >= 11 is 0. The summed E-state index contributed by atoms with van der Waals surface area (Å²) in [4.78, 5) is 27.1. The Kier molecular flexibility index (Phi) is 7.17. The monoisotopic (exact) mass is 446 g/mol. The largest absolute Gasteiger partial charge is 0.370 e. The lowest BCUT2D eigenvalue weighted by atomic mass is 10.1. The van der Waals surface area contributed by atoms with Gasteiger partial charge in [0.25, 0.3) is 11.5 Å². The number of aryl methyl sites for hydroxylation is 1. The zero-order valence-corrected chi connectivity index (χ0v) is 19.1. The molecule has 0 unspecified atom stereocenters. The van der Waals surface area contributed by atoms with Gasteiger partial charge in [-0.25, -0.2) is 8.42 Å². The molecule has 1 N–H and O–H groups in total. The van der Waals surface area contributed by atoms with Crippen molar-refractivity contribution in [2.45, 2.75) is 38.0 Å². The van der Waals surface area contributed by atoms with Crippen LogP contribution in [0.5, 0.6) is 0 Å². The summed E-state index contributed by atoms with van der Waals surface area (Å²) in [5.41, 5.74) is 1.16. The molecule has 1 fully saturated rings. The third-order valence-corrected chi connectivity index (χ3v) is 7.67. The van der Waals surface area contributed by atoms with Gasteiger partial charge in [-0.1, -0.05) is 13.8 Å². The molecule has 0 bridgehead atoms. The second-order valence-electron chi connectivity index (χ2n) is 7.63. The highest BCUT2D eigenvalue weighted by Gasteiger charge is 2.25. The van der Waals surface area contributed by atoms with Crippen molar-refractivity contribution >= 4 is 27.3 Å². The third kappa shape index (κ3) is 4.99. The zero-order valence-electron chi connectivity index (χ0n) is 18.3. The number of sulfonamides is 1. The number of nitrogens with one attached hydrogen (secondary N) is 1. The molecule has 0 saturated carbocycles. The van der Waals surface area contributed by atoms with Crippen molar-refractivity contribution in [1.82, 2.24) is 8.87 Å². The number of amides is 1. The summed E-state index contributed by atoms with van der Waals surface area (Å²) in [5, 5.41) is 2.85. The summed E-state index contributed by atoms with van der Waals surface area (Å²) in [6, 6.07) is 7.73. The standard InChI is InChI=1S/C22H30N4O4S/c1-4-26(5-2)31(29,30)18-9-10-20(25-12-7-6-8-13-25)19(16-18)23-22(28)17-11-14-24(3)21(27)15-17/h9-11,14-16H,4-8,12-13H2,1-3H3,(H,23,28). The molecular formula is C22H30N4O4S. The van der Waals surface area contributed by atoms with Crippen LogP contribution in [-0.4, -0.2) is 49.4 Å². The lowest BCUT2D eigenvalue weighted by Crippen LogP contribution is -2.32.